The predicted octanol–water partition coefficient (Wildman–Crippen LogP) is 2.65. The summed E-state index contributed by atoms with van der Waals surface area (Å²) in [5.41, 5.74) is 7.88. The Hall–Kier alpha value is -1.81. The number of carbonyl (C=O) groups excluding carboxylic acids is 1. The first-order valence-corrected chi connectivity index (χ1v) is 7.39. The zero-order valence-electron chi connectivity index (χ0n) is 13.3. The summed E-state index contributed by atoms with van der Waals surface area (Å²) in [6.07, 6.45) is 2.03. The molecule has 1 atom stereocenters. The lowest BCUT2D eigenvalue weighted by Crippen LogP contribution is -2.35. The number of carbonyl (C=O) groups is 1. The Morgan fingerprint density at radius 1 is 1.33 bits per heavy atom. The van der Waals surface area contributed by atoms with Crippen LogP contribution in [0.5, 0.6) is 0 Å². The Kier molecular flexibility index (Phi) is 4.37. The number of hydrogen-bond donors (Lipinski definition) is 2. The van der Waals surface area contributed by atoms with Crippen molar-refractivity contribution >= 4 is 16.8 Å². The second kappa shape index (κ2) is 5.90. The molecule has 2 aromatic rings. The zero-order valence-corrected chi connectivity index (χ0v) is 13.3. The maximum Gasteiger partial charge on any atom is 0.222 e. The van der Waals surface area contributed by atoms with Crippen LogP contribution in [0.1, 0.15) is 33.3 Å². The van der Waals surface area contributed by atoms with Crippen LogP contribution >= 0.6 is 0 Å². The van der Waals surface area contributed by atoms with E-state index in [1.807, 2.05) is 13.1 Å². The molecule has 0 bridgehead atoms. The molecule has 1 unspecified atom stereocenters. The minimum absolute atomic E-state index is 0.0695. The summed E-state index contributed by atoms with van der Waals surface area (Å²) in [4.78, 5) is 11.3. The van der Waals surface area contributed by atoms with Crippen molar-refractivity contribution in [3.8, 4) is 0 Å². The van der Waals surface area contributed by atoms with E-state index in [2.05, 4.69) is 54.9 Å². The quantitative estimate of drug-likeness (QED) is 0.888. The second-order valence-electron chi connectivity index (χ2n) is 6.73. The molecule has 1 aromatic carbocycles. The summed E-state index contributed by atoms with van der Waals surface area (Å²) in [7, 11) is 0. The number of primary amides is 1. The molecule has 1 heterocycles. The third-order valence-electron chi connectivity index (χ3n) is 3.64. The first-order valence-electron chi connectivity index (χ1n) is 7.39. The van der Waals surface area contributed by atoms with Crippen LogP contribution in [-0.4, -0.2) is 16.0 Å². The molecule has 114 valence electrons. The van der Waals surface area contributed by atoms with Crippen LogP contribution in [-0.2, 0) is 17.9 Å². The van der Waals surface area contributed by atoms with Gasteiger partial charge in [-0.25, -0.2) is 0 Å². The lowest BCUT2D eigenvalue weighted by atomic mass is 10.1. The highest BCUT2D eigenvalue weighted by molar-refractivity contribution is 5.84. The van der Waals surface area contributed by atoms with Gasteiger partial charge in [-0.15, -0.1) is 0 Å². The number of nitrogens with two attached hydrogens (primary N) is 1. The van der Waals surface area contributed by atoms with Crippen LogP contribution in [0.25, 0.3) is 10.9 Å². The number of hydrogen-bond acceptors (Lipinski definition) is 2. The van der Waals surface area contributed by atoms with E-state index in [-0.39, 0.29) is 17.4 Å². The van der Waals surface area contributed by atoms with Gasteiger partial charge in [0.25, 0.3) is 0 Å². The van der Waals surface area contributed by atoms with E-state index in [1.54, 1.807) is 0 Å². The maximum absolute atomic E-state index is 11.3. The Labute approximate surface area is 126 Å². The van der Waals surface area contributed by atoms with Crippen LogP contribution in [0.3, 0.4) is 0 Å². The van der Waals surface area contributed by atoms with Gasteiger partial charge >= 0.3 is 0 Å². The summed E-state index contributed by atoms with van der Waals surface area (Å²) in [5, 5.41) is 4.71. The van der Waals surface area contributed by atoms with Gasteiger partial charge in [0.2, 0.25) is 5.91 Å². The average Bonchev–Trinajstić information content (AvgIpc) is 2.79. The summed E-state index contributed by atoms with van der Waals surface area (Å²) >= 11 is 0. The van der Waals surface area contributed by atoms with Crippen molar-refractivity contribution in [1.82, 2.24) is 9.88 Å². The second-order valence-corrected chi connectivity index (χ2v) is 6.73. The predicted molar refractivity (Wildman–Crippen MR) is 86.9 cm³/mol. The summed E-state index contributed by atoms with van der Waals surface area (Å²) in [6, 6.07) is 8.39. The Morgan fingerprint density at radius 3 is 2.67 bits per heavy atom. The van der Waals surface area contributed by atoms with Gasteiger partial charge in [-0.2, -0.15) is 0 Å². The third-order valence-corrected chi connectivity index (χ3v) is 3.64. The molecule has 0 aliphatic rings. The highest BCUT2D eigenvalue weighted by atomic mass is 16.1. The number of benzene rings is 1. The number of para-hydroxylation sites is 1. The van der Waals surface area contributed by atoms with Crippen molar-refractivity contribution in [3.63, 3.8) is 0 Å². The first kappa shape index (κ1) is 15.6. The molecule has 0 aliphatic heterocycles. The number of amides is 1. The fraction of sp³-hybridized carbons (Fsp3) is 0.471. The van der Waals surface area contributed by atoms with Gasteiger partial charge in [0, 0.05) is 24.8 Å². The average molecular weight is 287 g/mol. The van der Waals surface area contributed by atoms with Crippen molar-refractivity contribution < 1.29 is 4.79 Å². The molecule has 4 nitrogen and oxygen atoms in total. The van der Waals surface area contributed by atoms with Crippen LogP contribution in [0.4, 0.5) is 0 Å². The lowest BCUT2D eigenvalue weighted by molar-refractivity contribution is -0.121. The van der Waals surface area contributed by atoms with Crippen LogP contribution in [0, 0.1) is 5.92 Å². The normalized spacial score (nSPS) is 13.5. The SMILES string of the molecule is CC(Cn1ccc2cccc(CNC(C)(C)C)c21)C(N)=O. The molecule has 0 aliphatic carbocycles. The van der Waals surface area contributed by atoms with Crippen LogP contribution < -0.4 is 11.1 Å². The summed E-state index contributed by atoms with van der Waals surface area (Å²) in [6.45, 7) is 9.75. The molecular weight excluding hydrogens is 262 g/mol. The molecule has 2 rings (SSSR count). The van der Waals surface area contributed by atoms with E-state index >= 15 is 0 Å². The molecule has 0 saturated heterocycles. The van der Waals surface area contributed by atoms with Crippen molar-refractivity contribution in [2.75, 3.05) is 0 Å². The smallest absolute Gasteiger partial charge is 0.222 e. The zero-order chi connectivity index (χ0) is 15.6. The molecule has 0 saturated carbocycles. The maximum atomic E-state index is 11.3. The van der Waals surface area contributed by atoms with Gasteiger partial charge in [0.15, 0.2) is 0 Å². The topological polar surface area (TPSA) is 60.1 Å². The van der Waals surface area contributed by atoms with Crippen LogP contribution in [0.2, 0.25) is 0 Å². The number of rotatable bonds is 5. The van der Waals surface area contributed by atoms with E-state index in [0.717, 1.165) is 6.54 Å². The number of aromatic nitrogens is 1. The Balaban J connectivity index is 2.33. The summed E-state index contributed by atoms with van der Waals surface area (Å²) in [5.74, 6) is -0.439. The van der Waals surface area contributed by atoms with Gasteiger partial charge in [-0.05, 0) is 37.8 Å². The molecule has 4 heteroatoms. The molecule has 0 spiro atoms. The molecule has 0 fully saturated rings. The van der Waals surface area contributed by atoms with E-state index in [9.17, 15) is 4.79 Å². The van der Waals surface area contributed by atoms with Crippen molar-refractivity contribution in [2.45, 2.75) is 46.3 Å². The number of fused-ring (bicyclic) bond motifs is 1. The van der Waals surface area contributed by atoms with Gasteiger partial charge in [0.1, 0.15) is 0 Å². The minimum atomic E-state index is -0.262. The van der Waals surface area contributed by atoms with E-state index in [1.165, 1.54) is 16.5 Å². The van der Waals surface area contributed by atoms with Gasteiger partial charge in [0.05, 0.1) is 11.4 Å². The third kappa shape index (κ3) is 3.85. The molecular formula is C17H25N3O. The van der Waals surface area contributed by atoms with E-state index in [0.29, 0.717) is 6.54 Å². The molecule has 21 heavy (non-hydrogen) atoms. The highest BCUT2D eigenvalue weighted by Crippen LogP contribution is 2.22. The number of nitrogens with zero attached hydrogens (tertiary/aromatic N) is 1. The molecule has 0 radical (unpaired) electrons. The fourth-order valence-corrected chi connectivity index (χ4v) is 2.38. The van der Waals surface area contributed by atoms with Gasteiger partial charge in [-0.3, -0.25) is 4.79 Å². The van der Waals surface area contributed by atoms with Crippen LogP contribution in [0.15, 0.2) is 30.5 Å². The van der Waals surface area contributed by atoms with Crippen molar-refractivity contribution in [3.05, 3.63) is 36.0 Å². The van der Waals surface area contributed by atoms with Gasteiger partial charge in [-0.1, -0.05) is 25.1 Å². The number of nitrogens with one attached hydrogen (secondary N) is 1. The fourth-order valence-electron chi connectivity index (χ4n) is 2.38. The monoisotopic (exact) mass is 287 g/mol. The van der Waals surface area contributed by atoms with E-state index in [4.69, 9.17) is 5.73 Å². The standard InChI is InChI=1S/C17H25N3O/c1-12(16(18)21)11-20-9-8-13-6-5-7-14(15(13)20)10-19-17(2,3)4/h5-9,12,19H,10-11H2,1-4H3,(H2,18,21). The Morgan fingerprint density at radius 2 is 2.05 bits per heavy atom. The minimum Gasteiger partial charge on any atom is -0.369 e. The van der Waals surface area contributed by atoms with Crippen molar-refractivity contribution in [2.24, 2.45) is 11.7 Å². The largest absolute Gasteiger partial charge is 0.369 e. The summed E-state index contributed by atoms with van der Waals surface area (Å²) < 4.78 is 2.13. The molecule has 1 aromatic heterocycles. The molecule has 1 amide bonds. The van der Waals surface area contributed by atoms with Gasteiger partial charge < -0.3 is 15.6 Å². The Bertz CT molecular complexity index is 637. The van der Waals surface area contributed by atoms with Crippen molar-refractivity contribution in [1.29, 1.82) is 0 Å². The molecule has 3 N–H and O–H groups in total. The first-order chi connectivity index (χ1) is 9.78. The van der Waals surface area contributed by atoms with E-state index < -0.39 is 0 Å². The lowest BCUT2D eigenvalue weighted by Gasteiger charge is -2.21. The highest BCUT2D eigenvalue weighted by Gasteiger charge is 2.14.